The van der Waals surface area contributed by atoms with Gasteiger partial charge < -0.3 is 10.1 Å². The first-order valence-corrected chi connectivity index (χ1v) is 7.43. The number of ether oxygens (including phenoxy) is 1. The van der Waals surface area contributed by atoms with Crippen molar-refractivity contribution < 1.29 is 4.74 Å². The molecule has 1 unspecified atom stereocenters. The minimum atomic E-state index is 0.0584. The third-order valence-corrected chi connectivity index (χ3v) is 4.30. The number of rotatable bonds is 4. The molecule has 1 aliphatic rings. The van der Waals surface area contributed by atoms with Crippen molar-refractivity contribution in [3.8, 4) is 0 Å². The van der Waals surface area contributed by atoms with Crippen LogP contribution in [-0.4, -0.2) is 18.2 Å². The molecule has 100 valence electrons. The maximum atomic E-state index is 5.99. The highest BCUT2D eigenvalue weighted by atomic mass is 79.9. The third kappa shape index (κ3) is 3.56. The highest BCUT2D eigenvalue weighted by Crippen LogP contribution is 2.29. The summed E-state index contributed by atoms with van der Waals surface area (Å²) < 4.78 is 7.16. The lowest BCUT2D eigenvalue weighted by molar-refractivity contribution is -0.0150. The van der Waals surface area contributed by atoms with Crippen LogP contribution in [0.5, 0.6) is 0 Å². The van der Waals surface area contributed by atoms with E-state index < -0.39 is 0 Å². The van der Waals surface area contributed by atoms with Crippen molar-refractivity contribution in [3.63, 3.8) is 0 Å². The number of halogens is 1. The molecule has 1 aromatic carbocycles. The van der Waals surface area contributed by atoms with E-state index in [9.17, 15) is 0 Å². The maximum Gasteiger partial charge on any atom is 0.0708 e. The molecule has 1 fully saturated rings. The van der Waals surface area contributed by atoms with Gasteiger partial charge in [-0.1, -0.05) is 34.1 Å². The van der Waals surface area contributed by atoms with E-state index in [-0.39, 0.29) is 5.60 Å². The Labute approximate surface area is 118 Å². The van der Waals surface area contributed by atoms with Crippen molar-refractivity contribution in [2.45, 2.75) is 51.4 Å². The van der Waals surface area contributed by atoms with Crippen LogP contribution < -0.4 is 5.32 Å². The average Bonchev–Trinajstić information content (AvgIpc) is 2.66. The minimum Gasteiger partial charge on any atom is -0.371 e. The Balaban J connectivity index is 1.86. The molecule has 3 heteroatoms. The SMILES string of the molecule is C[C@H](NCC1CCC(C)(C)O1)c1ccccc1Br. The van der Waals surface area contributed by atoms with E-state index in [0.717, 1.165) is 23.9 Å². The van der Waals surface area contributed by atoms with Gasteiger partial charge in [-0.3, -0.25) is 0 Å². The minimum absolute atomic E-state index is 0.0584. The molecule has 2 rings (SSSR count). The summed E-state index contributed by atoms with van der Waals surface area (Å²) in [4.78, 5) is 0. The van der Waals surface area contributed by atoms with Gasteiger partial charge >= 0.3 is 0 Å². The molecule has 0 saturated carbocycles. The Morgan fingerprint density at radius 2 is 2.17 bits per heavy atom. The summed E-state index contributed by atoms with van der Waals surface area (Å²) in [6.07, 6.45) is 2.66. The van der Waals surface area contributed by atoms with E-state index in [1.807, 2.05) is 6.07 Å². The van der Waals surface area contributed by atoms with Crippen molar-refractivity contribution in [1.82, 2.24) is 5.32 Å². The molecule has 0 radical (unpaired) electrons. The van der Waals surface area contributed by atoms with Crippen LogP contribution in [0.3, 0.4) is 0 Å². The van der Waals surface area contributed by atoms with E-state index in [1.54, 1.807) is 0 Å². The average molecular weight is 312 g/mol. The zero-order valence-corrected chi connectivity index (χ0v) is 13.0. The molecule has 1 aliphatic heterocycles. The highest BCUT2D eigenvalue weighted by Gasteiger charge is 2.31. The van der Waals surface area contributed by atoms with Gasteiger partial charge in [0.1, 0.15) is 0 Å². The first-order valence-electron chi connectivity index (χ1n) is 6.63. The second-order valence-corrected chi connectivity index (χ2v) is 6.54. The smallest absolute Gasteiger partial charge is 0.0708 e. The molecule has 0 aliphatic carbocycles. The molecule has 1 saturated heterocycles. The fourth-order valence-corrected chi connectivity index (χ4v) is 3.09. The van der Waals surface area contributed by atoms with Gasteiger partial charge in [0.05, 0.1) is 11.7 Å². The summed E-state index contributed by atoms with van der Waals surface area (Å²) in [5, 5.41) is 3.56. The van der Waals surface area contributed by atoms with Crippen molar-refractivity contribution in [1.29, 1.82) is 0 Å². The molecule has 1 N–H and O–H groups in total. The predicted octanol–water partition coefficient (Wildman–Crippen LogP) is 4.06. The summed E-state index contributed by atoms with van der Waals surface area (Å²) in [5.74, 6) is 0. The first-order chi connectivity index (χ1) is 8.48. The zero-order valence-electron chi connectivity index (χ0n) is 11.4. The summed E-state index contributed by atoms with van der Waals surface area (Å²) in [5.41, 5.74) is 1.36. The molecule has 2 atom stereocenters. The van der Waals surface area contributed by atoms with Crippen molar-refractivity contribution >= 4 is 15.9 Å². The monoisotopic (exact) mass is 311 g/mol. The molecular formula is C15H22BrNO. The second kappa shape index (κ2) is 5.72. The lowest BCUT2D eigenvalue weighted by atomic mass is 10.1. The topological polar surface area (TPSA) is 21.3 Å². The Bertz CT molecular complexity index is 405. The predicted molar refractivity (Wildman–Crippen MR) is 78.7 cm³/mol. The van der Waals surface area contributed by atoms with E-state index in [1.165, 1.54) is 5.56 Å². The zero-order chi connectivity index (χ0) is 13.2. The van der Waals surface area contributed by atoms with Crippen LogP contribution in [0, 0.1) is 0 Å². The number of hydrogen-bond acceptors (Lipinski definition) is 2. The molecule has 2 nitrogen and oxygen atoms in total. The number of benzene rings is 1. The Morgan fingerprint density at radius 1 is 1.44 bits per heavy atom. The van der Waals surface area contributed by atoms with Gasteiger partial charge in [0.15, 0.2) is 0 Å². The second-order valence-electron chi connectivity index (χ2n) is 5.69. The van der Waals surface area contributed by atoms with Crippen LogP contribution in [0.1, 0.15) is 45.2 Å². The molecule has 1 aromatic rings. The normalized spacial score (nSPS) is 24.1. The van der Waals surface area contributed by atoms with Gasteiger partial charge in [-0.2, -0.15) is 0 Å². The third-order valence-electron chi connectivity index (χ3n) is 3.58. The fourth-order valence-electron chi connectivity index (χ4n) is 2.47. The van der Waals surface area contributed by atoms with Gasteiger partial charge in [-0.25, -0.2) is 0 Å². The van der Waals surface area contributed by atoms with Crippen molar-refractivity contribution in [2.24, 2.45) is 0 Å². The summed E-state index contributed by atoms with van der Waals surface area (Å²) >= 11 is 3.60. The molecule has 0 amide bonds. The Morgan fingerprint density at radius 3 is 2.78 bits per heavy atom. The van der Waals surface area contributed by atoms with Crippen LogP contribution in [-0.2, 0) is 4.74 Å². The number of nitrogens with one attached hydrogen (secondary N) is 1. The Hall–Kier alpha value is -0.380. The lowest BCUT2D eigenvalue weighted by Gasteiger charge is -2.22. The summed E-state index contributed by atoms with van der Waals surface area (Å²) in [6, 6.07) is 8.70. The van der Waals surface area contributed by atoms with Crippen LogP contribution in [0.4, 0.5) is 0 Å². The van der Waals surface area contributed by atoms with E-state index in [2.05, 4.69) is 60.2 Å². The van der Waals surface area contributed by atoms with Crippen molar-refractivity contribution in [2.75, 3.05) is 6.54 Å². The molecule has 0 spiro atoms. The van der Waals surface area contributed by atoms with Gasteiger partial charge in [-0.15, -0.1) is 0 Å². The summed E-state index contributed by atoms with van der Waals surface area (Å²) in [6.45, 7) is 7.46. The van der Waals surface area contributed by atoms with Crippen LogP contribution >= 0.6 is 15.9 Å². The van der Waals surface area contributed by atoms with E-state index in [4.69, 9.17) is 4.74 Å². The quantitative estimate of drug-likeness (QED) is 0.905. The van der Waals surface area contributed by atoms with Gasteiger partial charge in [0.2, 0.25) is 0 Å². The largest absolute Gasteiger partial charge is 0.371 e. The van der Waals surface area contributed by atoms with E-state index in [0.29, 0.717) is 12.1 Å². The molecule has 0 aromatic heterocycles. The van der Waals surface area contributed by atoms with Gasteiger partial charge in [0, 0.05) is 17.1 Å². The summed E-state index contributed by atoms with van der Waals surface area (Å²) in [7, 11) is 0. The molecule has 0 bridgehead atoms. The standard InChI is InChI=1S/C15H22BrNO/c1-11(13-6-4-5-7-14(13)16)17-10-12-8-9-15(2,3)18-12/h4-7,11-12,17H,8-10H2,1-3H3/t11-,12?/m0/s1. The van der Waals surface area contributed by atoms with Crippen LogP contribution in [0.25, 0.3) is 0 Å². The van der Waals surface area contributed by atoms with Gasteiger partial charge in [0.25, 0.3) is 0 Å². The fraction of sp³-hybridized carbons (Fsp3) is 0.600. The van der Waals surface area contributed by atoms with Crippen LogP contribution in [0.2, 0.25) is 0 Å². The Kier molecular flexibility index (Phi) is 4.46. The van der Waals surface area contributed by atoms with Crippen molar-refractivity contribution in [3.05, 3.63) is 34.3 Å². The lowest BCUT2D eigenvalue weighted by Crippen LogP contribution is -2.31. The first kappa shape index (κ1) is 14.0. The molecule has 18 heavy (non-hydrogen) atoms. The molecular weight excluding hydrogens is 290 g/mol. The van der Waals surface area contributed by atoms with Gasteiger partial charge in [-0.05, 0) is 45.2 Å². The maximum absolute atomic E-state index is 5.99. The molecule has 1 heterocycles. The van der Waals surface area contributed by atoms with E-state index >= 15 is 0 Å². The van der Waals surface area contributed by atoms with Crippen LogP contribution in [0.15, 0.2) is 28.7 Å². The highest BCUT2D eigenvalue weighted by molar-refractivity contribution is 9.10. The number of hydrogen-bond donors (Lipinski definition) is 1.